The van der Waals surface area contributed by atoms with Gasteiger partial charge >= 0.3 is 0 Å². The van der Waals surface area contributed by atoms with E-state index in [4.69, 9.17) is 0 Å². The number of nitrogens with one attached hydrogen (secondary N) is 1. The number of hydrogen-bond donors (Lipinski definition) is 1. The van der Waals surface area contributed by atoms with E-state index in [1.165, 1.54) is 0 Å². The number of benzene rings is 2. The van der Waals surface area contributed by atoms with Crippen molar-refractivity contribution < 1.29 is 9.59 Å². The second kappa shape index (κ2) is 4.63. The van der Waals surface area contributed by atoms with Gasteiger partial charge in [0.25, 0.3) is 5.91 Å². The molecule has 0 saturated carbocycles. The predicted octanol–water partition coefficient (Wildman–Crippen LogP) is 2.93. The van der Waals surface area contributed by atoms with Gasteiger partial charge in [-0.3, -0.25) is 14.9 Å². The van der Waals surface area contributed by atoms with E-state index in [-0.39, 0.29) is 18.2 Å². The van der Waals surface area contributed by atoms with Crippen molar-refractivity contribution >= 4 is 27.7 Å². The van der Waals surface area contributed by atoms with E-state index in [0.29, 0.717) is 5.56 Å². The molecule has 0 aliphatic carbocycles. The molecule has 0 bridgehead atoms. The van der Waals surface area contributed by atoms with Crippen LogP contribution in [0, 0.1) is 0 Å². The Morgan fingerprint density at radius 3 is 2.37 bits per heavy atom. The summed E-state index contributed by atoms with van der Waals surface area (Å²) in [4.78, 5) is 23.1. The maximum atomic E-state index is 11.8. The van der Waals surface area contributed by atoms with Gasteiger partial charge in [0.1, 0.15) is 0 Å². The lowest BCUT2D eigenvalue weighted by molar-refractivity contribution is -0.119. The van der Waals surface area contributed by atoms with Crippen molar-refractivity contribution in [3.63, 3.8) is 0 Å². The zero-order valence-electron chi connectivity index (χ0n) is 9.94. The summed E-state index contributed by atoms with van der Waals surface area (Å²) in [7, 11) is 0. The predicted molar refractivity (Wildman–Crippen MR) is 75.8 cm³/mol. The third-order valence-electron chi connectivity index (χ3n) is 3.14. The molecule has 2 aromatic rings. The van der Waals surface area contributed by atoms with E-state index in [0.717, 1.165) is 21.2 Å². The molecule has 0 saturated heterocycles. The van der Waals surface area contributed by atoms with E-state index < -0.39 is 0 Å². The first kappa shape index (κ1) is 12.1. The van der Waals surface area contributed by atoms with Gasteiger partial charge in [0, 0.05) is 10.0 Å². The van der Waals surface area contributed by atoms with E-state index in [1.807, 2.05) is 42.5 Å². The van der Waals surface area contributed by atoms with Crippen molar-refractivity contribution in [2.75, 3.05) is 0 Å². The van der Waals surface area contributed by atoms with E-state index >= 15 is 0 Å². The number of rotatable bonds is 1. The molecule has 4 heteroatoms. The van der Waals surface area contributed by atoms with Crippen LogP contribution < -0.4 is 5.32 Å². The van der Waals surface area contributed by atoms with Crippen LogP contribution in [0.15, 0.2) is 46.9 Å². The fourth-order valence-electron chi connectivity index (χ4n) is 2.18. The van der Waals surface area contributed by atoms with Gasteiger partial charge in [-0.15, -0.1) is 0 Å². The Kier molecular flexibility index (Phi) is 2.95. The van der Waals surface area contributed by atoms with E-state index in [9.17, 15) is 9.59 Å². The molecule has 0 spiro atoms. The third kappa shape index (κ3) is 2.31. The second-order valence-electron chi connectivity index (χ2n) is 4.43. The standard InChI is InChI=1S/C15H10BrNO2/c16-12-5-3-9(4-6-12)10-1-2-11-8-14(18)17-15(19)13(11)7-10/h1-7H,8H2,(H,17,18,19). The second-order valence-corrected chi connectivity index (χ2v) is 5.35. The molecular weight excluding hydrogens is 306 g/mol. The molecule has 1 aliphatic rings. The van der Waals surface area contributed by atoms with Gasteiger partial charge in [-0.25, -0.2) is 0 Å². The van der Waals surface area contributed by atoms with Crippen LogP contribution in [0.2, 0.25) is 0 Å². The summed E-state index contributed by atoms with van der Waals surface area (Å²) in [6, 6.07) is 13.5. The van der Waals surface area contributed by atoms with Crippen LogP contribution in [0.3, 0.4) is 0 Å². The van der Waals surface area contributed by atoms with Crippen molar-refractivity contribution in [2.45, 2.75) is 6.42 Å². The SMILES string of the molecule is O=C1Cc2ccc(-c3ccc(Br)cc3)cc2C(=O)N1. The molecule has 2 amide bonds. The molecule has 0 radical (unpaired) electrons. The van der Waals surface area contributed by atoms with Gasteiger partial charge in [-0.05, 0) is 34.9 Å². The molecule has 19 heavy (non-hydrogen) atoms. The van der Waals surface area contributed by atoms with Crippen molar-refractivity contribution in [2.24, 2.45) is 0 Å². The first-order valence-electron chi connectivity index (χ1n) is 5.86. The van der Waals surface area contributed by atoms with E-state index in [2.05, 4.69) is 21.2 Å². The van der Waals surface area contributed by atoms with Gasteiger partial charge in [0.05, 0.1) is 6.42 Å². The summed E-state index contributed by atoms with van der Waals surface area (Å²) in [6.07, 6.45) is 0.266. The molecule has 0 atom stereocenters. The molecule has 1 aliphatic heterocycles. The summed E-state index contributed by atoms with van der Waals surface area (Å²) in [6.45, 7) is 0. The largest absolute Gasteiger partial charge is 0.292 e. The molecule has 2 aromatic carbocycles. The minimum atomic E-state index is -0.315. The normalized spacial score (nSPS) is 13.9. The highest BCUT2D eigenvalue weighted by atomic mass is 79.9. The Labute approximate surface area is 118 Å². The average molecular weight is 316 g/mol. The summed E-state index contributed by atoms with van der Waals surface area (Å²) in [5, 5.41) is 2.34. The molecule has 0 unspecified atom stereocenters. The summed E-state index contributed by atoms with van der Waals surface area (Å²) in [5.41, 5.74) is 3.38. The summed E-state index contributed by atoms with van der Waals surface area (Å²) in [5.74, 6) is -0.556. The number of fused-ring (bicyclic) bond motifs is 1. The highest BCUT2D eigenvalue weighted by molar-refractivity contribution is 9.10. The topological polar surface area (TPSA) is 46.2 Å². The van der Waals surface area contributed by atoms with Gasteiger partial charge in [-0.1, -0.05) is 40.2 Å². The van der Waals surface area contributed by atoms with Gasteiger partial charge in [0.15, 0.2) is 0 Å². The lowest BCUT2D eigenvalue weighted by atomic mass is 9.95. The first-order valence-corrected chi connectivity index (χ1v) is 6.66. The Morgan fingerprint density at radius 2 is 1.63 bits per heavy atom. The van der Waals surface area contributed by atoms with Gasteiger partial charge in [0.2, 0.25) is 5.91 Å². The van der Waals surface area contributed by atoms with Crippen LogP contribution in [0.4, 0.5) is 0 Å². The minimum Gasteiger partial charge on any atom is -0.292 e. The van der Waals surface area contributed by atoms with Crippen LogP contribution >= 0.6 is 15.9 Å². The fraction of sp³-hybridized carbons (Fsp3) is 0.0667. The van der Waals surface area contributed by atoms with Crippen molar-refractivity contribution in [1.29, 1.82) is 0 Å². The highest BCUT2D eigenvalue weighted by Crippen LogP contribution is 2.25. The first-order chi connectivity index (χ1) is 9.13. The Hall–Kier alpha value is -1.94. The molecule has 3 rings (SSSR count). The smallest absolute Gasteiger partial charge is 0.258 e. The Bertz CT molecular complexity index is 677. The average Bonchev–Trinajstić information content (AvgIpc) is 2.39. The lowest BCUT2D eigenvalue weighted by Crippen LogP contribution is -2.37. The van der Waals surface area contributed by atoms with Crippen molar-refractivity contribution in [1.82, 2.24) is 5.32 Å². The van der Waals surface area contributed by atoms with Gasteiger partial charge < -0.3 is 0 Å². The molecule has 94 valence electrons. The van der Waals surface area contributed by atoms with Crippen LogP contribution in [0.5, 0.6) is 0 Å². The number of carbonyl (C=O) groups excluding carboxylic acids is 2. The zero-order valence-corrected chi connectivity index (χ0v) is 11.5. The summed E-state index contributed by atoms with van der Waals surface area (Å²) < 4.78 is 1.01. The highest BCUT2D eigenvalue weighted by Gasteiger charge is 2.22. The lowest BCUT2D eigenvalue weighted by Gasteiger charge is -2.16. The molecule has 0 aromatic heterocycles. The Balaban J connectivity index is 2.06. The zero-order chi connectivity index (χ0) is 13.4. The molecule has 3 nitrogen and oxygen atoms in total. The Morgan fingerprint density at radius 1 is 0.947 bits per heavy atom. The monoisotopic (exact) mass is 315 g/mol. The van der Waals surface area contributed by atoms with Crippen LogP contribution in [-0.4, -0.2) is 11.8 Å². The maximum absolute atomic E-state index is 11.8. The van der Waals surface area contributed by atoms with E-state index in [1.54, 1.807) is 0 Å². The van der Waals surface area contributed by atoms with Crippen LogP contribution in [0.1, 0.15) is 15.9 Å². The summed E-state index contributed by atoms with van der Waals surface area (Å²) >= 11 is 3.39. The van der Waals surface area contributed by atoms with Crippen molar-refractivity contribution in [3.05, 3.63) is 58.1 Å². The number of halogens is 1. The number of hydrogen-bond acceptors (Lipinski definition) is 2. The molecular formula is C15H10BrNO2. The molecule has 1 N–H and O–H groups in total. The maximum Gasteiger partial charge on any atom is 0.258 e. The third-order valence-corrected chi connectivity index (χ3v) is 3.66. The van der Waals surface area contributed by atoms with Crippen LogP contribution in [0.25, 0.3) is 11.1 Å². The quantitative estimate of drug-likeness (QED) is 0.822. The fourth-order valence-corrected chi connectivity index (χ4v) is 2.44. The molecule has 1 heterocycles. The molecule has 0 fully saturated rings. The minimum absolute atomic E-state index is 0.242. The van der Waals surface area contributed by atoms with Crippen LogP contribution in [-0.2, 0) is 11.2 Å². The number of imide groups is 1. The van der Waals surface area contributed by atoms with Crippen molar-refractivity contribution in [3.8, 4) is 11.1 Å². The number of amides is 2. The van der Waals surface area contributed by atoms with Gasteiger partial charge in [-0.2, -0.15) is 0 Å². The number of carbonyl (C=O) groups is 2.